The van der Waals surface area contributed by atoms with Gasteiger partial charge in [-0.05, 0) is 63.4 Å². The Kier molecular flexibility index (Phi) is 4.22. The highest BCUT2D eigenvalue weighted by Crippen LogP contribution is 2.40. The maximum Gasteiger partial charge on any atom is 0.0433 e. The summed E-state index contributed by atoms with van der Waals surface area (Å²) in [6.45, 7) is 0. The van der Waals surface area contributed by atoms with Crippen molar-refractivity contribution < 1.29 is 0 Å². The number of rotatable bonds is 2. The third-order valence-electron chi connectivity index (χ3n) is 5.73. The van der Waals surface area contributed by atoms with Gasteiger partial charge in [-0.3, -0.25) is 0 Å². The van der Waals surface area contributed by atoms with Gasteiger partial charge in [-0.15, -0.1) is 11.3 Å². The van der Waals surface area contributed by atoms with E-state index in [1.165, 1.54) is 53.2 Å². The van der Waals surface area contributed by atoms with E-state index < -0.39 is 0 Å². The lowest BCUT2D eigenvalue weighted by atomic mass is 9.98. The number of thiophene rings is 1. The molecule has 0 N–H and O–H groups in total. The molecule has 0 saturated heterocycles. The summed E-state index contributed by atoms with van der Waals surface area (Å²) in [5.74, 6) is 0. The predicted octanol–water partition coefficient (Wildman–Crippen LogP) is 9.30. The van der Waals surface area contributed by atoms with Gasteiger partial charge >= 0.3 is 0 Å². The Labute approximate surface area is 187 Å². The largest absolute Gasteiger partial charge is 0.135 e. The zero-order chi connectivity index (χ0) is 20.1. The molecule has 0 aliphatic rings. The molecule has 30 heavy (non-hydrogen) atoms. The Bertz CT molecular complexity index is 1540. The normalized spacial score (nSPS) is 11.5. The molecule has 0 atom stereocenters. The van der Waals surface area contributed by atoms with Crippen LogP contribution < -0.4 is 0 Å². The van der Waals surface area contributed by atoms with Crippen LogP contribution >= 0.6 is 27.3 Å². The summed E-state index contributed by atoms with van der Waals surface area (Å²) in [6.07, 6.45) is 0. The molecular weight excluding hydrogens is 448 g/mol. The summed E-state index contributed by atoms with van der Waals surface area (Å²) in [4.78, 5) is 0. The van der Waals surface area contributed by atoms with E-state index >= 15 is 0 Å². The van der Waals surface area contributed by atoms with Gasteiger partial charge in [0.15, 0.2) is 0 Å². The van der Waals surface area contributed by atoms with Crippen molar-refractivity contribution in [1.29, 1.82) is 0 Å². The lowest BCUT2D eigenvalue weighted by Gasteiger charge is -2.07. The summed E-state index contributed by atoms with van der Waals surface area (Å²) in [6, 6.07) is 37.4. The molecule has 0 bridgehead atoms. The first-order valence-corrected chi connectivity index (χ1v) is 11.6. The van der Waals surface area contributed by atoms with Crippen LogP contribution in [0.3, 0.4) is 0 Å². The van der Waals surface area contributed by atoms with Gasteiger partial charge in [-0.25, -0.2) is 0 Å². The monoisotopic (exact) mass is 464 g/mol. The SMILES string of the molecule is Brc1ccc(-c2cccc(-c3ccc4sc5c6ccccc6ccc5c4c3)c2)cc1. The lowest BCUT2D eigenvalue weighted by molar-refractivity contribution is 1.58. The molecule has 1 heterocycles. The first-order chi connectivity index (χ1) is 14.8. The second kappa shape index (κ2) is 7.09. The molecule has 0 radical (unpaired) electrons. The zero-order valence-corrected chi connectivity index (χ0v) is 18.5. The first kappa shape index (κ1) is 17.9. The molecule has 142 valence electrons. The van der Waals surface area contributed by atoms with Gasteiger partial charge in [0.05, 0.1) is 0 Å². The minimum Gasteiger partial charge on any atom is -0.135 e. The van der Waals surface area contributed by atoms with E-state index in [9.17, 15) is 0 Å². The van der Waals surface area contributed by atoms with E-state index in [0.717, 1.165) is 4.47 Å². The van der Waals surface area contributed by atoms with Gasteiger partial charge < -0.3 is 0 Å². The Morgan fingerprint density at radius 1 is 0.500 bits per heavy atom. The Hall–Kier alpha value is -2.94. The number of hydrogen-bond donors (Lipinski definition) is 0. The van der Waals surface area contributed by atoms with Gasteiger partial charge in [-0.2, -0.15) is 0 Å². The highest BCUT2D eigenvalue weighted by molar-refractivity contribution is 9.10. The fraction of sp³-hybridized carbons (Fsp3) is 0. The molecule has 6 rings (SSSR count). The molecule has 0 nitrogen and oxygen atoms in total. The predicted molar refractivity (Wildman–Crippen MR) is 135 cm³/mol. The Morgan fingerprint density at radius 3 is 2.10 bits per heavy atom. The molecule has 6 aromatic rings. The van der Waals surface area contributed by atoms with E-state index in [4.69, 9.17) is 0 Å². The van der Waals surface area contributed by atoms with E-state index in [2.05, 4.69) is 119 Å². The molecule has 0 spiro atoms. The lowest BCUT2D eigenvalue weighted by Crippen LogP contribution is -1.81. The second-order valence-corrected chi connectivity index (χ2v) is 9.53. The highest BCUT2D eigenvalue weighted by Gasteiger charge is 2.10. The third-order valence-corrected chi connectivity index (χ3v) is 7.48. The maximum atomic E-state index is 3.52. The minimum atomic E-state index is 1.10. The van der Waals surface area contributed by atoms with Crippen LogP contribution in [0.15, 0.2) is 108 Å². The number of hydrogen-bond acceptors (Lipinski definition) is 1. The number of benzene rings is 5. The quantitative estimate of drug-likeness (QED) is 0.239. The molecule has 0 fully saturated rings. The molecule has 1 aromatic heterocycles. The first-order valence-electron chi connectivity index (χ1n) is 9.97. The van der Waals surface area contributed by atoms with Gasteiger partial charge in [0.2, 0.25) is 0 Å². The van der Waals surface area contributed by atoms with Gasteiger partial charge in [0.25, 0.3) is 0 Å². The Morgan fingerprint density at radius 2 is 1.23 bits per heavy atom. The van der Waals surface area contributed by atoms with Crippen molar-refractivity contribution in [3.05, 3.63) is 108 Å². The third kappa shape index (κ3) is 2.96. The molecule has 2 heteroatoms. The standard InChI is InChI=1S/C28H17BrS/c29-23-12-8-18(9-13-23)20-5-3-6-21(16-20)22-11-15-27-26(17-22)25-14-10-19-4-1-2-7-24(19)28(25)30-27/h1-17H. The molecule has 0 unspecified atom stereocenters. The van der Waals surface area contributed by atoms with E-state index in [0.29, 0.717) is 0 Å². The number of halogens is 1. The average Bonchev–Trinajstić information content (AvgIpc) is 3.18. The topological polar surface area (TPSA) is 0 Å². The fourth-order valence-electron chi connectivity index (χ4n) is 4.20. The van der Waals surface area contributed by atoms with Crippen molar-refractivity contribution in [3.63, 3.8) is 0 Å². The molecular formula is C28H17BrS. The molecule has 0 aliphatic carbocycles. The minimum absolute atomic E-state index is 1.10. The number of fused-ring (bicyclic) bond motifs is 5. The van der Waals surface area contributed by atoms with Crippen LogP contribution in [0.5, 0.6) is 0 Å². The van der Waals surface area contributed by atoms with Crippen LogP contribution in [0.2, 0.25) is 0 Å². The summed E-state index contributed by atoms with van der Waals surface area (Å²) in [7, 11) is 0. The summed E-state index contributed by atoms with van der Waals surface area (Å²) >= 11 is 5.42. The second-order valence-electron chi connectivity index (χ2n) is 7.56. The van der Waals surface area contributed by atoms with Crippen LogP contribution in [0.25, 0.3) is 53.2 Å². The summed E-state index contributed by atoms with van der Waals surface area (Å²) in [5, 5.41) is 5.33. The van der Waals surface area contributed by atoms with Crippen LogP contribution in [-0.2, 0) is 0 Å². The van der Waals surface area contributed by atoms with Crippen LogP contribution in [-0.4, -0.2) is 0 Å². The van der Waals surface area contributed by atoms with Crippen LogP contribution in [0, 0.1) is 0 Å². The van der Waals surface area contributed by atoms with Crippen molar-refractivity contribution >= 4 is 58.2 Å². The van der Waals surface area contributed by atoms with Crippen molar-refractivity contribution in [2.45, 2.75) is 0 Å². The van der Waals surface area contributed by atoms with Crippen LogP contribution in [0.1, 0.15) is 0 Å². The average molecular weight is 465 g/mol. The maximum absolute atomic E-state index is 3.52. The van der Waals surface area contributed by atoms with Crippen molar-refractivity contribution in [2.75, 3.05) is 0 Å². The summed E-state index contributed by atoms with van der Waals surface area (Å²) < 4.78 is 3.82. The molecule has 0 amide bonds. The van der Waals surface area contributed by atoms with Gasteiger partial charge in [0, 0.05) is 24.6 Å². The van der Waals surface area contributed by atoms with E-state index in [1.807, 2.05) is 11.3 Å². The van der Waals surface area contributed by atoms with E-state index in [1.54, 1.807) is 0 Å². The summed E-state index contributed by atoms with van der Waals surface area (Å²) in [5.41, 5.74) is 4.97. The smallest absolute Gasteiger partial charge is 0.0433 e. The van der Waals surface area contributed by atoms with E-state index in [-0.39, 0.29) is 0 Å². The van der Waals surface area contributed by atoms with Gasteiger partial charge in [0.1, 0.15) is 0 Å². The van der Waals surface area contributed by atoms with Gasteiger partial charge in [-0.1, -0.05) is 88.7 Å². The molecule has 0 aliphatic heterocycles. The highest BCUT2D eigenvalue weighted by atomic mass is 79.9. The molecule has 0 saturated carbocycles. The van der Waals surface area contributed by atoms with Crippen LogP contribution in [0.4, 0.5) is 0 Å². The Balaban J connectivity index is 1.51. The fourth-order valence-corrected chi connectivity index (χ4v) is 5.69. The van der Waals surface area contributed by atoms with Crippen molar-refractivity contribution in [1.82, 2.24) is 0 Å². The zero-order valence-electron chi connectivity index (χ0n) is 16.1. The molecule has 5 aromatic carbocycles. The van der Waals surface area contributed by atoms with Crippen molar-refractivity contribution in [3.8, 4) is 22.3 Å². The van der Waals surface area contributed by atoms with Crippen molar-refractivity contribution in [2.24, 2.45) is 0 Å².